The predicted molar refractivity (Wildman–Crippen MR) is 127 cm³/mol. The SMILES string of the molecule is COc1ccc(CN2C(=O)c3ccccc3C2=O)cc1C(=O)Nc1ccc2c(c1)NC(=O)[C@@H](C)O2. The number of carbonyl (C=O) groups excluding carboxylic acids is 4. The largest absolute Gasteiger partial charge is 0.496 e. The summed E-state index contributed by atoms with van der Waals surface area (Å²) < 4.78 is 10.9. The van der Waals surface area contributed by atoms with E-state index in [4.69, 9.17) is 9.47 Å². The van der Waals surface area contributed by atoms with Gasteiger partial charge in [-0.3, -0.25) is 24.1 Å². The quantitative estimate of drug-likeness (QED) is 0.551. The van der Waals surface area contributed by atoms with Gasteiger partial charge in [-0.05, 0) is 55.0 Å². The molecule has 2 aliphatic rings. The summed E-state index contributed by atoms with van der Waals surface area (Å²) in [6.45, 7) is 1.66. The van der Waals surface area contributed by atoms with E-state index < -0.39 is 12.0 Å². The summed E-state index contributed by atoms with van der Waals surface area (Å²) in [7, 11) is 1.45. The van der Waals surface area contributed by atoms with Crippen molar-refractivity contribution < 1.29 is 28.7 Å². The van der Waals surface area contributed by atoms with Crippen LogP contribution in [-0.2, 0) is 11.3 Å². The molecule has 0 saturated heterocycles. The van der Waals surface area contributed by atoms with Crippen LogP contribution in [0.1, 0.15) is 43.6 Å². The number of rotatable bonds is 5. The van der Waals surface area contributed by atoms with Crippen molar-refractivity contribution >= 4 is 35.0 Å². The summed E-state index contributed by atoms with van der Waals surface area (Å²) in [5.74, 6) is -0.640. The number of nitrogens with one attached hydrogen (secondary N) is 2. The van der Waals surface area contributed by atoms with Crippen molar-refractivity contribution in [2.75, 3.05) is 17.7 Å². The zero-order chi connectivity index (χ0) is 24.7. The number of ether oxygens (including phenoxy) is 2. The van der Waals surface area contributed by atoms with E-state index in [-0.39, 0.29) is 29.8 Å². The Balaban J connectivity index is 1.37. The van der Waals surface area contributed by atoms with Crippen molar-refractivity contribution in [1.82, 2.24) is 4.90 Å². The molecule has 0 aliphatic carbocycles. The molecule has 2 N–H and O–H groups in total. The fraction of sp³-hybridized carbons (Fsp3) is 0.154. The monoisotopic (exact) mass is 471 g/mol. The number of methoxy groups -OCH3 is 1. The molecule has 9 heteroatoms. The van der Waals surface area contributed by atoms with E-state index in [0.29, 0.717) is 39.6 Å². The highest BCUT2D eigenvalue weighted by atomic mass is 16.5. The van der Waals surface area contributed by atoms with Crippen molar-refractivity contribution in [3.63, 3.8) is 0 Å². The maximum atomic E-state index is 13.1. The number of benzene rings is 3. The number of amides is 4. The molecule has 0 saturated carbocycles. The fourth-order valence-corrected chi connectivity index (χ4v) is 4.08. The minimum atomic E-state index is -0.600. The van der Waals surface area contributed by atoms with E-state index in [2.05, 4.69) is 10.6 Å². The summed E-state index contributed by atoms with van der Waals surface area (Å²) in [6, 6.07) is 16.5. The third-order valence-corrected chi connectivity index (χ3v) is 5.90. The summed E-state index contributed by atoms with van der Waals surface area (Å²) in [5.41, 5.74) is 2.44. The van der Waals surface area contributed by atoms with Crippen LogP contribution in [0.15, 0.2) is 60.7 Å². The van der Waals surface area contributed by atoms with Gasteiger partial charge in [-0.2, -0.15) is 0 Å². The van der Waals surface area contributed by atoms with Crippen LogP contribution in [0.3, 0.4) is 0 Å². The third-order valence-electron chi connectivity index (χ3n) is 5.90. The Morgan fingerprint density at radius 3 is 2.43 bits per heavy atom. The Hall–Kier alpha value is -4.66. The molecule has 0 unspecified atom stereocenters. The molecule has 0 aromatic heterocycles. The first-order valence-corrected chi connectivity index (χ1v) is 10.9. The molecule has 35 heavy (non-hydrogen) atoms. The van der Waals surface area contributed by atoms with Crippen LogP contribution >= 0.6 is 0 Å². The van der Waals surface area contributed by atoms with Crippen LogP contribution in [0, 0.1) is 0 Å². The zero-order valence-electron chi connectivity index (χ0n) is 19.0. The van der Waals surface area contributed by atoms with Gasteiger partial charge in [0.15, 0.2) is 6.10 Å². The lowest BCUT2D eigenvalue weighted by Crippen LogP contribution is -2.34. The fourth-order valence-electron chi connectivity index (χ4n) is 4.08. The summed E-state index contributed by atoms with van der Waals surface area (Å²) in [5, 5.41) is 5.53. The van der Waals surface area contributed by atoms with Gasteiger partial charge in [0.05, 0.1) is 36.0 Å². The van der Waals surface area contributed by atoms with E-state index in [0.717, 1.165) is 4.90 Å². The second-order valence-electron chi connectivity index (χ2n) is 8.19. The summed E-state index contributed by atoms with van der Waals surface area (Å²) in [4.78, 5) is 51.6. The van der Waals surface area contributed by atoms with Crippen molar-refractivity contribution in [3.05, 3.63) is 82.9 Å². The molecule has 1 atom stereocenters. The second kappa shape index (κ2) is 8.60. The van der Waals surface area contributed by atoms with E-state index in [1.54, 1.807) is 67.6 Å². The third kappa shape index (κ3) is 3.97. The average molecular weight is 471 g/mol. The first-order valence-electron chi connectivity index (χ1n) is 10.9. The molecule has 0 fully saturated rings. The van der Waals surface area contributed by atoms with Crippen molar-refractivity contribution in [3.8, 4) is 11.5 Å². The number of anilines is 2. The van der Waals surface area contributed by atoms with Crippen LogP contribution in [0.25, 0.3) is 0 Å². The van der Waals surface area contributed by atoms with Crippen LogP contribution in [0.2, 0.25) is 0 Å². The molecule has 0 bridgehead atoms. The average Bonchev–Trinajstić information content (AvgIpc) is 3.10. The highest BCUT2D eigenvalue weighted by Gasteiger charge is 2.35. The lowest BCUT2D eigenvalue weighted by molar-refractivity contribution is -0.122. The van der Waals surface area contributed by atoms with Gasteiger partial charge in [-0.15, -0.1) is 0 Å². The second-order valence-corrected chi connectivity index (χ2v) is 8.19. The maximum absolute atomic E-state index is 13.1. The van der Waals surface area contributed by atoms with Crippen molar-refractivity contribution in [2.24, 2.45) is 0 Å². The Bertz CT molecular complexity index is 1360. The standard InChI is InChI=1S/C26H21N3O6/c1-14-23(30)28-20-12-16(8-10-22(20)35-14)27-24(31)19-11-15(7-9-21(19)34-2)13-29-25(32)17-5-3-4-6-18(17)26(29)33/h3-12,14H,13H2,1-2H3,(H,27,31)(H,28,30)/t14-/m1/s1. The molecular weight excluding hydrogens is 450 g/mol. The topological polar surface area (TPSA) is 114 Å². The Morgan fingerprint density at radius 1 is 1.03 bits per heavy atom. The van der Waals surface area contributed by atoms with Gasteiger partial charge in [0, 0.05) is 5.69 Å². The summed E-state index contributed by atoms with van der Waals surface area (Å²) >= 11 is 0. The normalized spacial score (nSPS) is 16.2. The van der Waals surface area contributed by atoms with E-state index >= 15 is 0 Å². The van der Waals surface area contributed by atoms with Crippen LogP contribution in [0.5, 0.6) is 11.5 Å². The predicted octanol–water partition coefficient (Wildman–Crippen LogP) is 3.46. The van der Waals surface area contributed by atoms with Gasteiger partial charge in [0.1, 0.15) is 11.5 Å². The number of hydrogen-bond acceptors (Lipinski definition) is 6. The molecule has 4 amide bonds. The van der Waals surface area contributed by atoms with Crippen LogP contribution < -0.4 is 20.1 Å². The van der Waals surface area contributed by atoms with E-state index in [1.165, 1.54) is 7.11 Å². The van der Waals surface area contributed by atoms with Gasteiger partial charge < -0.3 is 20.1 Å². The molecule has 3 aromatic rings. The number of carbonyl (C=O) groups is 4. The number of hydrogen-bond donors (Lipinski definition) is 2. The van der Waals surface area contributed by atoms with Crippen LogP contribution in [0.4, 0.5) is 11.4 Å². The molecule has 2 aliphatic heterocycles. The lowest BCUT2D eigenvalue weighted by Gasteiger charge is -2.23. The highest BCUT2D eigenvalue weighted by Crippen LogP contribution is 2.33. The molecule has 0 radical (unpaired) electrons. The molecular formula is C26H21N3O6. The first kappa shape index (κ1) is 22.1. The Labute approximate surface area is 200 Å². The number of fused-ring (bicyclic) bond motifs is 2. The van der Waals surface area contributed by atoms with Gasteiger partial charge in [0.25, 0.3) is 23.6 Å². The van der Waals surface area contributed by atoms with Gasteiger partial charge in [-0.1, -0.05) is 18.2 Å². The molecule has 0 spiro atoms. The van der Waals surface area contributed by atoms with Crippen molar-refractivity contribution in [2.45, 2.75) is 19.6 Å². The van der Waals surface area contributed by atoms with Gasteiger partial charge >= 0.3 is 0 Å². The molecule has 176 valence electrons. The zero-order valence-corrected chi connectivity index (χ0v) is 19.0. The molecule has 5 rings (SSSR count). The highest BCUT2D eigenvalue weighted by molar-refractivity contribution is 6.21. The van der Waals surface area contributed by atoms with Gasteiger partial charge in [-0.25, -0.2) is 0 Å². The Morgan fingerprint density at radius 2 is 1.74 bits per heavy atom. The minimum absolute atomic E-state index is 0.0109. The van der Waals surface area contributed by atoms with Crippen LogP contribution in [-0.4, -0.2) is 41.7 Å². The van der Waals surface area contributed by atoms with E-state index in [9.17, 15) is 19.2 Å². The molecule has 3 aromatic carbocycles. The molecule has 9 nitrogen and oxygen atoms in total. The minimum Gasteiger partial charge on any atom is -0.496 e. The number of imide groups is 1. The van der Waals surface area contributed by atoms with Gasteiger partial charge in [0.2, 0.25) is 0 Å². The Kier molecular flexibility index (Phi) is 5.44. The maximum Gasteiger partial charge on any atom is 0.265 e. The van der Waals surface area contributed by atoms with Crippen molar-refractivity contribution in [1.29, 1.82) is 0 Å². The first-order chi connectivity index (χ1) is 16.9. The number of nitrogens with zero attached hydrogens (tertiary/aromatic N) is 1. The smallest absolute Gasteiger partial charge is 0.265 e. The molecule has 2 heterocycles. The van der Waals surface area contributed by atoms with E-state index in [1.807, 2.05) is 0 Å². The lowest BCUT2D eigenvalue weighted by atomic mass is 10.1. The summed E-state index contributed by atoms with van der Waals surface area (Å²) in [6.07, 6.45) is -0.600.